The number of halogens is 3. The molecule has 0 aromatic rings. The summed E-state index contributed by atoms with van der Waals surface area (Å²) in [4.78, 5) is 0. The van der Waals surface area contributed by atoms with Crippen LogP contribution in [0.4, 0.5) is 12.6 Å². The molecule has 1 nitrogen and oxygen atoms in total. The summed E-state index contributed by atoms with van der Waals surface area (Å²) in [5.74, 6) is -0.114. The van der Waals surface area contributed by atoms with E-state index in [0.717, 1.165) is 12.8 Å². The number of hydrogen-bond donors (Lipinski definition) is 1. The molecule has 1 fully saturated rings. The minimum atomic E-state index is -5.31. The average Bonchev–Trinajstić information content (AvgIpc) is 1.91. The molecule has 1 aliphatic rings. The Labute approximate surface area is 71.2 Å². The van der Waals surface area contributed by atoms with Gasteiger partial charge in [-0.1, -0.05) is 0 Å². The summed E-state index contributed by atoms with van der Waals surface area (Å²) in [5, 5.41) is 0. The van der Waals surface area contributed by atoms with Crippen LogP contribution in [0.5, 0.6) is 0 Å². The summed E-state index contributed by atoms with van der Waals surface area (Å²) in [6.07, 6.45) is 2.41. The third kappa shape index (κ3) is 3.72. The predicted molar refractivity (Wildman–Crippen MR) is 46.4 cm³/mol. The molecule has 0 aliphatic heterocycles. The number of rotatable bonds is 2. The Kier molecular flexibility index (Phi) is 3.36. The van der Waals surface area contributed by atoms with Gasteiger partial charge in [0.2, 0.25) is 0 Å². The van der Waals surface area contributed by atoms with Crippen LogP contribution in [0.3, 0.4) is 0 Å². The first-order chi connectivity index (χ1) is 5.47. The van der Waals surface area contributed by atoms with Crippen LogP contribution in [0.25, 0.3) is 0 Å². The first-order valence-corrected chi connectivity index (χ1v) is 6.14. The van der Waals surface area contributed by atoms with Gasteiger partial charge in [-0.15, -0.1) is 0 Å². The van der Waals surface area contributed by atoms with E-state index < -0.39 is 14.4 Å². The van der Waals surface area contributed by atoms with Gasteiger partial charge in [-0.25, -0.2) is 0 Å². The fourth-order valence-corrected chi connectivity index (χ4v) is 2.78. The Hall–Kier alpha value is 0.180. The zero-order valence-electron chi connectivity index (χ0n) is 6.90. The topological polar surface area (TPSA) is 26.0 Å². The van der Waals surface area contributed by atoms with E-state index in [0.29, 0.717) is 12.8 Å². The van der Waals surface area contributed by atoms with Crippen molar-refractivity contribution in [1.29, 1.82) is 0 Å². The van der Waals surface area contributed by atoms with Crippen molar-refractivity contribution in [2.24, 2.45) is 11.7 Å². The summed E-state index contributed by atoms with van der Waals surface area (Å²) >= 11 is 0. The Bertz CT molecular complexity index is 140. The molecule has 2 N–H and O–H groups in total. The number of hydrogen-bond acceptors (Lipinski definition) is 1. The van der Waals surface area contributed by atoms with Crippen LogP contribution in [0, 0.1) is 5.92 Å². The van der Waals surface area contributed by atoms with Crippen molar-refractivity contribution in [2.75, 3.05) is 6.16 Å². The third-order valence-electron chi connectivity index (χ3n) is 2.41. The Morgan fingerprint density at radius 2 is 1.58 bits per heavy atom. The first-order valence-electron chi connectivity index (χ1n) is 4.30. The zero-order chi connectivity index (χ0) is 9.19. The van der Waals surface area contributed by atoms with Gasteiger partial charge < -0.3 is 0 Å². The molecule has 0 unspecified atom stereocenters. The second kappa shape index (κ2) is 3.93. The molecule has 0 heterocycles. The quantitative estimate of drug-likeness (QED) is 0.683. The summed E-state index contributed by atoms with van der Waals surface area (Å²) < 4.78 is 36.1. The van der Waals surface area contributed by atoms with Crippen molar-refractivity contribution in [3.05, 3.63) is 0 Å². The van der Waals surface area contributed by atoms with Gasteiger partial charge in [0.25, 0.3) is 0 Å². The van der Waals surface area contributed by atoms with Crippen LogP contribution in [0.2, 0.25) is 0 Å². The van der Waals surface area contributed by atoms with E-state index in [4.69, 9.17) is 5.73 Å². The van der Waals surface area contributed by atoms with Gasteiger partial charge in [0.05, 0.1) is 0 Å². The number of nitrogens with two attached hydrogens (primary N) is 1. The van der Waals surface area contributed by atoms with Gasteiger partial charge in [-0.05, 0) is 0 Å². The molecule has 5 heteroatoms. The molecule has 12 heavy (non-hydrogen) atoms. The second-order valence-electron chi connectivity index (χ2n) is 3.60. The summed E-state index contributed by atoms with van der Waals surface area (Å²) in [6.45, 7) is 0. The Balaban J connectivity index is 2.26. The third-order valence-corrected chi connectivity index (χ3v) is 3.45. The van der Waals surface area contributed by atoms with Gasteiger partial charge in [-0.2, -0.15) is 0 Å². The standard InChI is InChI=1S/C7H15F3NP/c8-12(9,10)5-6-1-3-7(11)4-2-6/h6-7,12H,1-5,11H2. The average molecular weight is 201 g/mol. The predicted octanol–water partition coefficient (Wildman–Crippen LogP) is 2.91. The summed E-state index contributed by atoms with van der Waals surface area (Å²) in [6, 6.07) is 0.149. The molecule has 0 spiro atoms. The minimum absolute atomic E-state index is 0.114. The van der Waals surface area contributed by atoms with Crippen molar-refractivity contribution >= 4 is 8.19 Å². The normalized spacial score (nSPS) is 33.3. The van der Waals surface area contributed by atoms with Gasteiger partial charge in [0, 0.05) is 0 Å². The van der Waals surface area contributed by atoms with Crippen molar-refractivity contribution in [3.8, 4) is 0 Å². The van der Waals surface area contributed by atoms with Crippen molar-refractivity contribution in [3.63, 3.8) is 0 Å². The van der Waals surface area contributed by atoms with Crippen molar-refractivity contribution in [1.82, 2.24) is 0 Å². The van der Waals surface area contributed by atoms with Gasteiger partial charge in [-0.3, -0.25) is 0 Å². The van der Waals surface area contributed by atoms with Crippen LogP contribution >= 0.6 is 8.19 Å². The molecule has 0 amide bonds. The molecule has 0 bridgehead atoms. The molecule has 1 rings (SSSR count). The molecule has 0 atom stereocenters. The molecular weight excluding hydrogens is 186 g/mol. The van der Waals surface area contributed by atoms with E-state index in [-0.39, 0.29) is 12.0 Å². The Morgan fingerprint density at radius 3 is 2.00 bits per heavy atom. The monoisotopic (exact) mass is 201 g/mol. The van der Waals surface area contributed by atoms with Gasteiger partial charge >= 0.3 is 70.3 Å². The maximum atomic E-state index is 12.0. The van der Waals surface area contributed by atoms with Crippen LogP contribution in [-0.4, -0.2) is 12.2 Å². The van der Waals surface area contributed by atoms with Gasteiger partial charge in [0.15, 0.2) is 0 Å². The SMILES string of the molecule is NC1CCC(C[PH](F)(F)F)CC1. The van der Waals surface area contributed by atoms with E-state index in [1.807, 2.05) is 0 Å². The van der Waals surface area contributed by atoms with E-state index in [2.05, 4.69) is 0 Å². The Morgan fingerprint density at radius 1 is 1.08 bits per heavy atom. The van der Waals surface area contributed by atoms with E-state index in [1.165, 1.54) is 0 Å². The molecule has 0 aromatic heterocycles. The van der Waals surface area contributed by atoms with E-state index in [9.17, 15) is 12.6 Å². The summed E-state index contributed by atoms with van der Waals surface area (Å²) in [7, 11) is -5.31. The molecule has 0 saturated heterocycles. The van der Waals surface area contributed by atoms with Crippen LogP contribution in [0.15, 0.2) is 0 Å². The maximum absolute atomic E-state index is 12.0. The zero-order valence-corrected chi connectivity index (χ0v) is 7.90. The van der Waals surface area contributed by atoms with Gasteiger partial charge in [0.1, 0.15) is 0 Å². The fraction of sp³-hybridized carbons (Fsp3) is 1.00. The molecule has 0 aromatic carbocycles. The molecule has 74 valence electrons. The van der Waals surface area contributed by atoms with Crippen molar-refractivity contribution < 1.29 is 12.6 Å². The van der Waals surface area contributed by atoms with Crippen LogP contribution in [-0.2, 0) is 0 Å². The fourth-order valence-electron chi connectivity index (χ4n) is 1.72. The van der Waals surface area contributed by atoms with Crippen LogP contribution < -0.4 is 5.73 Å². The molecule has 1 saturated carbocycles. The van der Waals surface area contributed by atoms with E-state index in [1.54, 1.807) is 0 Å². The molecular formula is C7H15F3NP. The van der Waals surface area contributed by atoms with Crippen LogP contribution in [0.1, 0.15) is 25.7 Å². The van der Waals surface area contributed by atoms with Crippen molar-refractivity contribution in [2.45, 2.75) is 31.7 Å². The first kappa shape index (κ1) is 10.3. The van der Waals surface area contributed by atoms with E-state index >= 15 is 0 Å². The molecule has 0 radical (unpaired) electrons. The second-order valence-corrected chi connectivity index (χ2v) is 5.24. The summed E-state index contributed by atoms with van der Waals surface area (Å²) in [5.41, 5.74) is 5.59. The molecule has 1 aliphatic carbocycles.